The molecule has 4 atom stereocenters. The summed E-state index contributed by atoms with van der Waals surface area (Å²) in [6.45, 7) is 1.98. The maximum Gasteiger partial charge on any atom is 0.238 e. The van der Waals surface area contributed by atoms with E-state index in [2.05, 4.69) is 36.4 Å². The number of hydrogen-bond donors (Lipinski definition) is 0. The van der Waals surface area contributed by atoms with Crippen molar-refractivity contribution in [2.24, 2.45) is 23.7 Å². The Labute approximate surface area is 187 Å². The van der Waals surface area contributed by atoms with E-state index < -0.39 is 0 Å². The Morgan fingerprint density at radius 2 is 1.22 bits per heavy atom. The van der Waals surface area contributed by atoms with Crippen LogP contribution in [-0.4, -0.2) is 11.8 Å². The molecule has 0 aromatic heterocycles. The molecule has 3 aromatic rings. The second-order valence-corrected chi connectivity index (χ2v) is 8.90. The summed E-state index contributed by atoms with van der Waals surface area (Å²) in [5, 5.41) is 0. The van der Waals surface area contributed by atoms with Crippen molar-refractivity contribution in [1.82, 2.24) is 0 Å². The second kappa shape index (κ2) is 7.16. The summed E-state index contributed by atoms with van der Waals surface area (Å²) in [6.07, 6.45) is 4.30. The van der Waals surface area contributed by atoms with Crippen molar-refractivity contribution in [1.29, 1.82) is 0 Å². The maximum absolute atomic E-state index is 13.6. The quantitative estimate of drug-likeness (QED) is 0.422. The van der Waals surface area contributed by atoms with E-state index in [1.807, 2.05) is 67.6 Å². The number of allylic oxidation sites excluding steroid dienone is 3. The van der Waals surface area contributed by atoms with Crippen molar-refractivity contribution in [3.05, 3.63) is 119 Å². The summed E-state index contributed by atoms with van der Waals surface area (Å²) in [4.78, 5) is 28.6. The fourth-order valence-electron chi connectivity index (χ4n) is 5.83. The number of carbonyl (C=O) groups is 2. The van der Waals surface area contributed by atoms with Gasteiger partial charge in [0.2, 0.25) is 11.8 Å². The maximum atomic E-state index is 13.6. The number of aryl methyl sites for hydroxylation is 1. The van der Waals surface area contributed by atoms with Gasteiger partial charge < -0.3 is 0 Å². The van der Waals surface area contributed by atoms with Crippen LogP contribution in [0.15, 0.2) is 103 Å². The first-order chi connectivity index (χ1) is 15.6. The summed E-state index contributed by atoms with van der Waals surface area (Å²) < 4.78 is 0. The van der Waals surface area contributed by atoms with Gasteiger partial charge in [-0.25, -0.2) is 4.90 Å². The van der Waals surface area contributed by atoms with Crippen LogP contribution in [0.2, 0.25) is 0 Å². The van der Waals surface area contributed by atoms with E-state index in [1.54, 1.807) is 0 Å². The molecule has 3 aromatic carbocycles. The summed E-state index contributed by atoms with van der Waals surface area (Å²) in [7, 11) is 0. The van der Waals surface area contributed by atoms with Crippen LogP contribution < -0.4 is 4.90 Å². The number of fused-ring (bicyclic) bond motifs is 5. The molecule has 3 heteroatoms. The van der Waals surface area contributed by atoms with E-state index in [0.717, 1.165) is 22.3 Å². The van der Waals surface area contributed by atoms with Crippen LogP contribution in [0.1, 0.15) is 16.7 Å². The molecule has 2 aliphatic carbocycles. The highest BCUT2D eigenvalue weighted by Gasteiger charge is 2.62. The number of imide groups is 1. The molecule has 0 unspecified atom stereocenters. The standard InChI is InChI=1S/C29H23NO2/c1-18-9-8-14-21(17-18)30-28(31)26-22-15-16-23(27(26)29(30)32)25(22)24(19-10-4-2-5-11-19)20-12-6-3-7-13-20/h2-17,22-23,26-27H,1H3/t22-,23-,26-,27-/m0/s1. The molecular weight excluding hydrogens is 394 g/mol. The van der Waals surface area contributed by atoms with E-state index in [9.17, 15) is 9.59 Å². The van der Waals surface area contributed by atoms with E-state index in [1.165, 1.54) is 10.5 Å². The van der Waals surface area contributed by atoms with Gasteiger partial charge in [0.25, 0.3) is 0 Å². The first kappa shape index (κ1) is 19.0. The topological polar surface area (TPSA) is 37.4 Å². The van der Waals surface area contributed by atoms with Gasteiger partial charge in [-0.2, -0.15) is 0 Å². The third kappa shape index (κ3) is 2.67. The normalized spacial score (nSPS) is 25.5. The third-order valence-corrected chi connectivity index (χ3v) is 7.09. The number of hydrogen-bond acceptors (Lipinski definition) is 2. The van der Waals surface area contributed by atoms with Gasteiger partial charge in [0, 0.05) is 11.8 Å². The molecule has 0 N–H and O–H groups in total. The van der Waals surface area contributed by atoms with Gasteiger partial charge in [0.1, 0.15) is 0 Å². The van der Waals surface area contributed by atoms with Gasteiger partial charge in [0.05, 0.1) is 17.5 Å². The lowest BCUT2D eigenvalue weighted by Crippen LogP contribution is -2.33. The molecule has 2 fully saturated rings. The predicted molar refractivity (Wildman–Crippen MR) is 126 cm³/mol. The molecular formula is C29H23NO2. The Bertz CT molecular complexity index is 1210. The molecule has 0 radical (unpaired) electrons. The highest BCUT2D eigenvalue weighted by atomic mass is 16.2. The average Bonchev–Trinajstić information content (AvgIpc) is 3.45. The lowest BCUT2D eigenvalue weighted by molar-refractivity contribution is -0.122. The van der Waals surface area contributed by atoms with Crippen molar-refractivity contribution < 1.29 is 9.59 Å². The number of amides is 2. The third-order valence-electron chi connectivity index (χ3n) is 7.09. The van der Waals surface area contributed by atoms with Crippen molar-refractivity contribution in [2.75, 3.05) is 4.90 Å². The largest absolute Gasteiger partial charge is 0.274 e. The highest BCUT2D eigenvalue weighted by molar-refractivity contribution is 6.23. The molecule has 1 heterocycles. The van der Waals surface area contributed by atoms with Gasteiger partial charge in [-0.15, -0.1) is 0 Å². The Morgan fingerprint density at radius 3 is 1.72 bits per heavy atom. The van der Waals surface area contributed by atoms with Gasteiger partial charge in [-0.3, -0.25) is 9.59 Å². The SMILES string of the molecule is Cc1cccc(N2C(=O)[C@@H]3[C@@H](C2=O)[C@H]2C=C[C@H]3C2=C(c2ccccc2)c2ccccc2)c1. The molecule has 156 valence electrons. The molecule has 2 amide bonds. The van der Waals surface area contributed by atoms with Gasteiger partial charge in [-0.05, 0) is 46.9 Å². The molecule has 3 nitrogen and oxygen atoms in total. The van der Waals surface area contributed by atoms with Crippen LogP contribution in [0, 0.1) is 30.6 Å². The average molecular weight is 418 g/mol. The zero-order chi connectivity index (χ0) is 21.8. The molecule has 3 aliphatic rings. The predicted octanol–water partition coefficient (Wildman–Crippen LogP) is 5.42. The van der Waals surface area contributed by atoms with Crippen molar-refractivity contribution >= 4 is 23.1 Å². The van der Waals surface area contributed by atoms with E-state index in [0.29, 0.717) is 5.69 Å². The summed E-state index contributed by atoms with van der Waals surface area (Å²) in [6, 6.07) is 28.3. The minimum Gasteiger partial charge on any atom is -0.274 e. The van der Waals surface area contributed by atoms with E-state index >= 15 is 0 Å². The monoisotopic (exact) mass is 417 g/mol. The minimum absolute atomic E-state index is 0.0494. The molecule has 6 rings (SSSR count). The summed E-state index contributed by atoms with van der Waals surface area (Å²) in [5.74, 6) is -0.884. The number of anilines is 1. The Hall–Kier alpha value is -3.72. The van der Waals surface area contributed by atoms with Crippen LogP contribution in [0.5, 0.6) is 0 Å². The molecule has 1 saturated heterocycles. The molecule has 0 spiro atoms. The molecule has 1 aliphatic heterocycles. The van der Waals surface area contributed by atoms with Crippen LogP contribution in [-0.2, 0) is 9.59 Å². The van der Waals surface area contributed by atoms with Crippen molar-refractivity contribution in [3.63, 3.8) is 0 Å². The zero-order valence-electron chi connectivity index (χ0n) is 17.8. The Balaban J connectivity index is 1.49. The van der Waals surface area contributed by atoms with Gasteiger partial charge in [-0.1, -0.05) is 84.9 Å². The summed E-state index contributed by atoms with van der Waals surface area (Å²) >= 11 is 0. The van der Waals surface area contributed by atoms with Crippen molar-refractivity contribution in [3.8, 4) is 0 Å². The fraction of sp³-hybridized carbons (Fsp3) is 0.172. The molecule has 32 heavy (non-hydrogen) atoms. The first-order valence-electron chi connectivity index (χ1n) is 11.1. The minimum atomic E-state index is -0.324. The number of rotatable bonds is 3. The Kier molecular flexibility index (Phi) is 4.25. The second-order valence-electron chi connectivity index (χ2n) is 8.90. The fourth-order valence-corrected chi connectivity index (χ4v) is 5.83. The molecule has 1 saturated carbocycles. The van der Waals surface area contributed by atoms with Crippen LogP contribution in [0.3, 0.4) is 0 Å². The lowest BCUT2D eigenvalue weighted by Gasteiger charge is -2.21. The highest BCUT2D eigenvalue weighted by Crippen LogP contribution is 2.58. The van der Waals surface area contributed by atoms with Crippen LogP contribution in [0.4, 0.5) is 5.69 Å². The van der Waals surface area contributed by atoms with Gasteiger partial charge >= 0.3 is 0 Å². The number of carbonyl (C=O) groups excluding carboxylic acids is 2. The van der Waals surface area contributed by atoms with E-state index in [4.69, 9.17) is 0 Å². The first-order valence-corrected chi connectivity index (χ1v) is 11.1. The van der Waals surface area contributed by atoms with Crippen molar-refractivity contribution in [2.45, 2.75) is 6.92 Å². The summed E-state index contributed by atoms with van der Waals surface area (Å²) in [5.41, 5.74) is 6.35. The lowest BCUT2D eigenvalue weighted by atomic mass is 9.85. The van der Waals surface area contributed by atoms with Crippen LogP contribution >= 0.6 is 0 Å². The van der Waals surface area contributed by atoms with Crippen LogP contribution in [0.25, 0.3) is 5.57 Å². The molecule has 2 bridgehead atoms. The number of benzene rings is 3. The Morgan fingerprint density at radius 1 is 0.688 bits per heavy atom. The van der Waals surface area contributed by atoms with E-state index in [-0.39, 0.29) is 35.5 Å². The van der Waals surface area contributed by atoms with Gasteiger partial charge in [0.15, 0.2) is 0 Å². The number of nitrogens with zero attached hydrogens (tertiary/aromatic N) is 1. The smallest absolute Gasteiger partial charge is 0.238 e. The zero-order valence-corrected chi connectivity index (χ0v) is 17.8.